The van der Waals surface area contributed by atoms with Gasteiger partial charge in [0, 0.05) is 30.6 Å². The van der Waals surface area contributed by atoms with Crippen LogP contribution in [-0.4, -0.2) is 54.2 Å². The van der Waals surface area contributed by atoms with E-state index in [1.165, 1.54) is 13.2 Å². The second kappa shape index (κ2) is 10.8. The summed E-state index contributed by atoms with van der Waals surface area (Å²) in [6, 6.07) is 4.36. The summed E-state index contributed by atoms with van der Waals surface area (Å²) in [5.74, 6) is 1.17. The van der Waals surface area contributed by atoms with Crippen LogP contribution in [0, 0.1) is 5.92 Å². The Morgan fingerprint density at radius 3 is 2.71 bits per heavy atom. The number of anilines is 1. The van der Waals surface area contributed by atoms with Crippen LogP contribution in [0.15, 0.2) is 18.2 Å². The normalized spacial score (nSPS) is 18.6. The number of nitrogens with zero attached hydrogens (tertiary/aromatic N) is 3. The highest BCUT2D eigenvalue weighted by molar-refractivity contribution is 6.28. The van der Waals surface area contributed by atoms with Crippen LogP contribution in [0.4, 0.5) is 14.6 Å². The first-order chi connectivity index (χ1) is 16.4. The van der Waals surface area contributed by atoms with Crippen LogP contribution in [0.5, 0.6) is 5.75 Å². The zero-order valence-electron chi connectivity index (χ0n) is 19.3. The van der Waals surface area contributed by atoms with Gasteiger partial charge in [-0.15, -0.1) is 0 Å². The monoisotopic (exact) mass is 494 g/mol. The number of para-hydroxylation sites is 1. The molecule has 1 aliphatic carbocycles. The van der Waals surface area contributed by atoms with E-state index in [-0.39, 0.29) is 34.5 Å². The fraction of sp³-hybridized carbons (Fsp3) is 0.542. The van der Waals surface area contributed by atoms with Crippen molar-refractivity contribution in [1.29, 1.82) is 0 Å². The fourth-order valence-corrected chi connectivity index (χ4v) is 4.93. The second-order valence-corrected chi connectivity index (χ2v) is 9.05. The molecule has 1 fully saturated rings. The van der Waals surface area contributed by atoms with E-state index in [1.807, 2.05) is 11.8 Å². The van der Waals surface area contributed by atoms with Gasteiger partial charge < -0.3 is 19.7 Å². The number of carbonyl (C=O) groups excluding carboxylic acids is 1. The average molecular weight is 495 g/mol. The third kappa shape index (κ3) is 5.41. The lowest BCUT2D eigenvalue weighted by Crippen LogP contribution is -2.40. The molecule has 0 radical (unpaired) electrons. The Kier molecular flexibility index (Phi) is 7.83. The summed E-state index contributed by atoms with van der Waals surface area (Å²) >= 11 is 6.20. The number of aromatic nitrogens is 2. The highest BCUT2D eigenvalue weighted by Crippen LogP contribution is 2.38. The summed E-state index contributed by atoms with van der Waals surface area (Å²) in [6.45, 7) is 4.34. The minimum atomic E-state index is -2.64. The zero-order valence-corrected chi connectivity index (χ0v) is 20.1. The summed E-state index contributed by atoms with van der Waals surface area (Å²) in [5.41, 5.74) is 2.29. The molecular formula is C24H29ClF2N4O3. The Balaban J connectivity index is 1.46. The molecule has 1 amide bonds. The summed E-state index contributed by atoms with van der Waals surface area (Å²) < 4.78 is 37.5. The predicted octanol–water partition coefficient (Wildman–Crippen LogP) is 4.60. The molecule has 1 aromatic carbocycles. The van der Waals surface area contributed by atoms with Gasteiger partial charge in [0.2, 0.25) is 11.2 Å². The minimum Gasteiger partial charge on any atom is -0.496 e. The molecule has 2 aromatic rings. The SMILES string of the molecule is COc1c(C(F)F)cccc1C(C)Nc1nc(Cl)nc2c1CC(CCC(=O)N1CCOCC1)C2. The van der Waals surface area contributed by atoms with Gasteiger partial charge in [0.05, 0.1) is 37.6 Å². The summed E-state index contributed by atoms with van der Waals surface area (Å²) in [5, 5.41) is 3.46. The number of hydrogen-bond acceptors (Lipinski definition) is 6. The van der Waals surface area contributed by atoms with Gasteiger partial charge in [-0.1, -0.05) is 12.1 Å². The number of hydrogen-bond donors (Lipinski definition) is 1. The highest BCUT2D eigenvalue weighted by Gasteiger charge is 2.29. The van der Waals surface area contributed by atoms with Crippen LogP contribution in [-0.2, 0) is 22.4 Å². The molecule has 34 heavy (non-hydrogen) atoms. The van der Waals surface area contributed by atoms with Gasteiger partial charge in [-0.3, -0.25) is 4.79 Å². The van der Waals surface area contributed by atoms with Crippen molar-refractivity contribution in [3.05, 3.63) is 45.9 Å². The number of carbonyl (C=O) groups is 1. The number of fused-ring (bicyclic) bond motifs is 1. The summed E-state index contributed by atoms with van der Waals surface area (Å²) in [6.07, 6.45) is 0.0497. The lowest BCUT2D eigenvalue weighted by molar-refractivity contribution is -0.135. The summed E-state index contributed by atoms with van der Waals surface area (Å²) in [7, 11) is 1.39. The molecule has 1 aromatic heterocycles. The Morgan fingerprint density at radius 1 is 1.26 bits per heavy atom. The van der Waals surface area contributed by atoms with E-state index in [9.17, 15) is 13.6 Å². The quantitative estimate of drug-likeness (QED) is 0.540. The van der Waals surface area contributed by atoms with Crippen molar-refractivity contribution < 1.29 is 23.0 Å². The number of nitrogens with one attached hydrogen (secondary N) is 1. The maximum Gasteiger partial charge on any atom is 0.267 e. The first-order valence-corrected chi connectivity index (χ1v) is 11.9. The molecule has 2 atom stereocenters. The van der Waals surface area contributed by atoms with E-state index in [0.717, 1.165) is 30.5 Å². The first-order valence-electron chi connectivity index (χ1n) is 11.5. The molecule has 4 rings (SSSR count). The maximum absolute atomic E-state index is 13.4. The Bertz CT molecular complexity index is 1030. The van der Waals surface area contributed by atoms with E-state index in [1.54, 1.807) is 12.1 Å². The molecule has 184 valence electrons. The minimum absolute atomic E-state index is 0.131. The van der Waals surface area contributed by atoms with Gasteiger partial charge in [0.25, 0.3) is 6.43 Å². The van der Waals surface area contributed by atoms with Crippen molar-refractivity contribution in [2.24, 2.45) is 5.92 Å². The Morgan fingerprint density at radius 2 is 2.00 bits per heavy atom. The summed E-state index contributed by atoms with van der Waals surface area (Å²) in [4.78, 5) is 23.2. The molecule has 7 nitrogen and oxygen atoms in total. The molecule has 2 aliphatic rings. The van der Waals surface area contributed by atoms with Gasteiger partial charge in [-0.25, -0.2) is 18.7 Å². The first kappa shape index (κ1) is 24.6. The topological polar surface area (TPSA) is 76.6 Å². The molecule has 1 N–H and O–H groups in total. The molecular weight excluding hydrogens is 466 g/mol. The molecule has 1 aliphatic heterocycles. The lowest BCUT2D eigenvalue weighted by atomic mass is 9.99. The largest absolute Gasteiger partial charge is 0.496 e. The standard InChI is InChI=1S/C24H29ClF2N4O3/c1-14(16-4-3-5-17(22(26)27)21(16)33-2)28-23-18-12-15(13-19(18)29-24(25)30-23)6-7-20(32)31-8-10-34-11-9-31/h3-5,14-15,22H,6-13H2,1-2H3,(H,28,29,30). The molecule has 2 unspecified atom stereocenters. The van der Waals surface area contributed by atoms with Crippen molar-refractivity contribution >= 4 is 23.3 Å². The van der Waals surface area contributed by atoms with Gasteiger partial charge in [-0.05, 0) is 49.8 Å². The molecule has 0 bridgehead atoms. The number of methoxy groups -OCH3 is 1. The number of benzene rings is 1. The van der Waals surface area contributed by atoms with Crippen LogP contribution < -0.4 is 10.1 Å². The second-order valence-electron chi connectivity index (χ2n) is 8.71. The molecule has 0 spiro atoms. The van der Waals surface area contributed by atoms with Gasteiger partial charge in [0.15, 0.2) is 0 Å². The van der Waals surface area contributed by atoms with Crippen molar-refractivity contribution in [3.63, 3.8) is 0 Å². The van der Waals surface area contributed by atoms with E-state index in [0.29, 0.717) is 44.1 Å². The van der Waals surface area contributed by atoms with Crippen LogP contribution in [0.2, 0.25) is 5.28 Å². The van der Waals surface area contributed by atoms with Crippen molar-refractivity contribution in [1.82, 2.24) is 14.9 Å². The predicted molar refractivity (Wildman–Crippen MR) is 125 cm³/mol. The van der Waals surface area contributed by atoms with Gasteiger partial charge >= 0.3 is 0 Å². The van der Waals surface area contributed by atoms with E-state index < -0.39 is 6.43 Å². The zero-order chi connectivity index (χ0) is 24.2. The third-order valence-electron chi connectivity index (χ3n) is 6.51. The maximum atomic E-state index is 13.4. The van der Waals surface area contributed by atoms with Crippen molar-refractivity contribution in [2.45, 2.75) is 45.1 Å². The van der Waals surface area contributed by atoms with Crippen molar-refractivity contribution in [3.8, 4) is 5.75 Å². The van der Waals surface area contributed by atoms with E-state index >= 15 is 0 Å². The third-order valence-corrected chi connectivity index (χ3v) is 6.67. The number of rotatable bonds is 8. The number of morpholine rings is 1. The van der Waals surface area contributed by atoms with Crippen LogP contribution in [0.25, 0.3) is 0 Å². The van der Waals surface area contributed by atoms with Crippen LogP contribution in [0.3, 0.4) is 0 Å². The molecule has 2 heterocycles. The smallest absolute Gasteiger partial charge is 0.267 e. The van der Waals surface area contributed by atoms with Gasteiger partial charge in [-0.2, -0.15) is 0 Å². The molecule has 10 heteroatoms. The van der Waals surface area contributed by atoms with Gasteiger partial charge in [0.1, 0.15) is 11.6 Å². The highest BCUT2D eigenvalue weighted by atomic mass is 35.5. The van der Waals surface area contributed by atoms with E-state index in [4.69, 9.17) is 21.1 Å². The Labute approximate surface area is 202 Å². The number of alkyl halides is 2. The van der Waals surface area contributed by atoms with E-state index in [2.05, 4.69) is 15.3 Å². The average Bonchev–Trinajstić information content (AvgIpc) is 3.25. The van der Waals surface area contributed by atoms with Crippen molar-refractivity contribution in [2.75, 3.05) is 38.7 Å². The fourth-order valence-electron chi connectivity index (χ4n) is 4.74. The number of halogens is 3. The number of amides is 1. The number of ether oxygens (including phenoxy) is 2. The Hall–Kier alpha value is -2.52. The lowest BCUT2D eigenvalue weighted by Gasteiger charge is -2.27. The molecule has 1 saturated heterocycles. The molecule has 0 saturated carbocycles. The van der Waals surface area contributed by atoms with Crippen LogP contribution in [0.1, 0.15) is 54.6 Å². The van der Waals surface area contributed by atoms with Crippen LogP contribution >= 0.6 is 11.6 Å².